The molecule has 0 bridgehead atoms. The smallest absolute Gasteiger partial charge is 0.233 e. The van der Waals surface area contributed by atoms with Crippen LogP contribution < -0.4 is 29.6 Å². The van der Waals surface area contributed by atoms with Crippen molar-refractivity contribution >= 4 is 34.8 Å². The van der Waals surface area contributed by atoms with E-state index in [0.29, 0.717) is 39.4 Å². The van der Waals surface area contributed by atoms with Crippen LogP contribution in [-0.2, 0) is 9.59 Å². The van der Waals surface area contributed by atoms with E-state index < -0.39 is 11.8 Å². The minimum absolute atomic E-state index is 0.140. The number of benzene rings is 2. The van der Waals surface area contributed by atoms with E-state index in [9.17, 15) is 9.59 Å². The highest BCUT2D eigenvalue weighted by Crippen LogP contribution is 2.36. The number of halogens is 1. The summed E-state index contributed by atoms with van der Waals surface area (Å²) in [5, 5.41) is 5.59. The van der Waals surface area contributed by atoms with E-state index in [2.05, 4.69) is 10.6 Å². The Bertz CT molecular complexity index is 886. The van der Waals surface area contributed by atoms with Crippen molar-refractivity contribution in [2.75, 3.05) is 31.6 Å². The van der Waals surface area contributed by atoms with Gasteiger partial charge in [0, 0.05) is 23.9 Å². The number of carbonyl (C=O) groups excluding carboxylic acids is 2. The lowest BCUT2D eigenvalue weighted by atomic mass is 10.2. The molecule has 0 aromatic heterocycles. The van der Waals surface area contributed by atoms with Gasteiger partial charge in [0.2, 0.25) is 18.6 Å². The van der Waals surface area contributed by atoms with Gasteiger partial charge >= 0.3 is 0 Å². The molecule has 0 saturated heterocycles. The molecule has 1 heterocycles. The monoisotopic (exact) mass is 392 g/mol. The molecule has 0 unspecified atom stereocenters. The highest BCUT2D eigenvalue weighted by atomic mass is 35.5. The number of rotatable bonds is 6. The van der Waals surface area contributed by atoms with E-state index in [0.717, 1.165) is 0 Å². The maximum atomic E-state index is 12.2. The lowest BCUT2D eigenvalue weighted by Gasteiger charge is -2.13. The van der Waals surface area contributed by atoms with E-state index in [1.807, 2.05) is 0 Å². The van der Waals surface area contributed by atoms with Crippen LogP contribution in [0.2, 0.25) is 5.02 Å². The van der Waals surface area contributed by atoms with Gasteiger partial charge in [-0.05, 0) is 12.1 Å². The minimum Gasteiger partial charge on any atom is -0.495 e. The lowest BCUT2D eigenvalue weighted by Crippen LogP contribution is -2.21. The van der Waals surface area contributed by atoms with Crippen LogP contribution in [0, 0.1) is 0 Å². The van der Waals surface area contributed by atoms with Gasteiger partial charge < -0.3 is 29.6 Å². The summed E-state index contributed by atoms with van der Waals surface area (Å²) >= 11 is 6.03. The molecule has 8 nitrogen and oxygen atoms in total. The van der Waals surface area contributed by atoms with Gasteiger partial charge in [0.05, 0.1) is 24.9 Å². The Morgan fingerprint density at radius 1 is 1.00 bits per heavy atom. The molecular formula is C18H17ClN2O6. The number of hydrogen-bond donors (Lipinski definition) is 2. The molecule has 0 spiro atoms. The molecule has 9 heteroatoms. The summed E-state index contributed by atoms with van der Waals surface area (Å²) < 4.78 is 20.8. The molecule has 0 aliphatic carbocycles. The Morgan fingerprint density at radius 2 is 1.70 bits per heavy atom. The SMILES string of the molecule is COc1cc(NC(=O)CC(=O)Nc2ccc3c(c2)OCO3)c(OC)cc1Cl. The number of carbonyl (C=O) groups is 2. The molecule has 2 amide bonds. The maximum absolute atomic E-state index is 12.2. The van der Waals surface area contributed by atoms with Gasteiger partial charge in [-0.3, -0.25) is 9.59 Å². The van der Waals surface area contributed by atoms with Crippen molar-refractivity contribution in [2.45, 2.75) is 6.42 Å². The third-order valence-corrected chi connectivity index (χ3v) is 4.02. The van der Waals surface area contributed by atoms with Crippen molar-refractivity contribution < 1.29 is 28.5 Å². The van der Waals surface area contributed by atoms with Gasteiger partial charge in [-0.2, -0.15) is 0 Å². The molecule has 0 fully saturated rings. The van der Waals surface area contributed by atoms with E-state index in [1.165, 1.54) is 26.4 Å². The zero-order chi connectivity index (χ0) is 19.4. The Balaban J connectivity index is 1.63. The maximum Gasteiger partial charge on any atom is 0.233 e. The fourth-order valence-electron chi connectivity index (χ4n) is 2.48. The number of methoxy groups -OCH3 is 2. The van der Waals surface area contributed by atoms with Gasteiger partial charge in [-0.15, -0.1) is 0 Å². The van der Waals surface area contributed by atoms with Gasteiger partial charge in [-0.25, -0.2) is 0 Å². The highest BCUT2D eigenvalue weighted by molar-refractivity contribution is 6.32. The molecule has 2 aromatic rings. The van der Waals surface area contributed by atoms with Gasteiger partial charge in [-0.1, -0.05) is 11.6 Å². The number of ether oxygens (including phenoxy) is 4. The number of amides is 2. The first-order chi connectivity index (χ1) is 13.0. The Morgan fingerprint density at radius 3 is 2.44 bits per heavy atom. The topological polar surface area (TPSA) is 95.1 Å². The Hall–Kier alpha value is -3.13. The molecule has 2 aromatic carbocycles. The van der Waals surface area contributed by atoms with E-state index in [4.69, 9.17) is 30.5 Å². The average molecular weight is 393 g/mol. The summed E-state index contributed by atoms with van der Waals surface area (Å²) in [6, 6.07) is 8.02. The second-order valence-electron chi connectivity index (χ2n) is 5.53. The first-order valence-corrected chi connectivity index (χ1v) is 8.29. The summed E-state index contributed by atoms with van der Waals surface area (Å²) in [5.41, 5.74) is 0.849. The Labute approximate surface area is 160 Å². The number of nitrogens with one attached hydrogen (secondary N) is 2. The molecule has 3 rings (SSSR count). The highest BCUT2D eigenvalue weighted by Gasteiger charge is 2.17. The third kappa shape index (κ3) is 4.35. The molecule has 27 heavy (non-hydrogen) atoms. The van der Waals surface area contributed by atoms with Crippen molar-refractivity contribution in [2.24, 2.45) is 0 Å². The molecule has 1 aliphatic rings. The zero-order valence-electron chi connectivity index (χ0n) is 14.6. The van der Waals surface area contributed by atoms with E-state index in [1.54, 1.807) is 18.2 Å². The van der Waals surface area contributed by atoms with Crippen molar-refractivity contribution in [3.8, 4) is 23.0 Å². The average Bonchev–Trinajstić information content (AvgIpc) is 3.10. The van der Waals surface area contributed by atoms with Crippen molar-refractivity contribution in [1.29, 1.82) is 0 Å². The molecule has 142 valence electrons. The van der Waals surface area contributed by atoms with Crippen LogP contribution in [0.1, 0.15) is 6.42 Å². The van der Waals surface area contributed by atoms with Crippen LogP contribution in [0.3, 0.4) is 0 Å². The fraction of sp³-hybridized carbons (Fsp3) is 0.222. The van der Waals surface area contributed by atoms with Crippen LogP contribution >= 0.6 is 11.6 Å². The third-order valence-electron chi connectivity index (χ3n) is 3.73. The minimum atomic E-state index is -0.518. The fourth-order valence-corrected chi connectivity index (χ4v) is 2.71. The van der Waals surface area contributed by atoms with E-state index in [-0.39, 0.29) is 13.2 Å². The zero-order valence-corrected chi connectivity index (χ0v) is 15.4. The quantitative estimate of drug-likeness (QED) is 0.734. The van der Waals surface area contributed by atoms with Crippen LogP contribution in [0.15, 0.2) is 30.3 Å². The molecule has 2 N–H and O–H groups in total. The number of hydrogen-bond acceptors (Lipinski definition) is 6. The van der Waals surface area contributed by atoms with Gasteiger partial charge in [0.1, 0.15) is 17.9 Å². The van der Waals surface area contributed by atoms with Crippen LogP contribution in [0.5, 0.6) is 23.0 Å². The predicted octanol–water partition coefficient (Wildman–Crippen LogP) is 3.05. The van der Waals surface area contributed by atoms with Gasteiger partial charge in [0.15, 0.2) is 11.5 Å². The molecule has 0 radical (unpaired) electrons. The predicted molar refractivity (Wildman–Crippen MR) is 99.0 cm³/mol. The Kier molecular flexibility index (Phi) is 5.56. The van der Waals surface area contributed by atoms with E-state index >= 15 is 0 Å². The van der Waals surface area contributed by atoms with Crippen LogP contribution in [0.25, 0.3) is 0 Å². The molecule has 0 saturated carbocycles. The first-order valence-electron chi connectivity index (χ1n) is 7.91. The van der Waals surface area contributed by atoms with Crippen molar-refractivity contribution in [3.05, 3.63) is 35.4 Å². The van der Waals surface area contributed by atoms with Crippen LogP contribution in [-0.4, -0.2) is 32.8 Å². The number of fused-ring (bicyclic) bond motifs is 1. The standard InChI is InChI=1S/C18H17ClN2O6/c1-24-14-7-12(15(25-2)6-11(14)19)21-18(23)8-17(22)20-10-3-4-13-16(5-10)27-9-26-13/h3-7H,8-9H2,1-2H3,(H,20,22)(H,21,23). The summed E-state index contributed by atoms with van der Waals surface area (Å²) in [5.74, 6) is 0.870. The first kappa shape index (κ1) is 18.7. The molecule has 1 aliphatic heterocycles. The summed E-state index contributed by atoms with van der Waals surface area (Å²) in [7, 11) is 2.90. The summed E-state index contributed by atoms with van der Waals surface area (Å²) in [6.07, 6.45) is -0.386. The normalized spacial score (nSPS) is 11.7. The molecular weight excluding hydrogens is 376 g/mol. The van der Waals surface area contributed by atoms with Gasteiger partial charge in [0.25, 0.3) is 0 Å². The second kappa shape index (κ2) is 8.05. The lowest BCUT2D eigenvalue weighted by molar-refractivity contribution is -0.123. The largest absolute Gasteiger partial charge is 0.495 e. The molecule has 0 atom stereocenters. The van der Waals surface area contributed by atoms with Crippen molar-refractivity contribution in [3.63, 3.8) is 0 Å². The summed E-state index contributed by atoms with van der Waals surface area (Å²) in [4.78, 5) is 24.3. The second-order valence-corrected chi connectivity index (χ2v) is 5.94. The summed E-state index contributed by atoms with van der Waals surface area (Å²) in [6.45, 7) is 0.140. The number of anilines is 2. The van der Waals surface area contributed by atoms with Crippen LogP contribution in [0.4, 0.5) is 11.4 Å². The van der Waals surface area contributed by atoms with Crippen molar-refractivity contribution in [1.82, 2.24) is 0 Å².